The number of benzene rings is 13. The van der Waals surface area contributed by atoms with Crippen LogP contribution in [-0.2, 0) is 101 Å². The number of rotatable bonds is 15. The maximum absolute atomic E-state index is 5.52. The predicted octanol–water partition coefficient (Wildman–Crippen LogP) is 26.8. The molecule has 10 aromatic heterocycles. The molecule has 23 rings (SSSR count). The molecule has 0 saturated heterocycles. The van der Waals surface area contributed by atoms with Crippen molar-refractivity contribution in [3.05, 3.63) is 405 Å². The minimum absolute atomic E-state index is 0. The first-order chi connectivity index (χ1) is 64.1. The molecule has 5 radical (unpaired) electrons. The van der Waals surface area contributed by atoms with Crippen LogP contribution >= 0.6 is 0 Å². The molecule has 0 amide bonds. The van der Waals surface area contributed by atoms with E-state index < -0.39 is 0 Å². The van der Waals surface area contributed by atoms with Crippen LogP contribution in [-0.4, -0.2) is 72.7 Å². The molecule has 0 atom stereocenters. The Morgan fingerprint density at radius 3 is 0.801 bits per heavy atom. The Bertz CT molecular complexity index is 7870. The van der Waals surface area contributed by atoms with Crippen LogP contribution in [0.1, 0.15) is 89.6 Å². The standard InChI is InChI=1S/C28H18N3O.C24H18N3O.C22H22N3O.C19H16N3O.C18H14N3O.5Ir/c1-3-9-20(10-4-1)22-13-7-14-23(21-11-5-2-6-12-21)27(22)31-18-17-29-28(31)24-15-8-16-25-26(24)30-19-32-25;1-16-13-19(18-7-4-3-5-8-18)14-17(2)23(16)27-12-11-25-24(27)20-9-6-10-21-22(20)26-15-28-21;1-14(2)16-7-5-8-17(15(3)4)21(16)25-12-11-23-22(25)18-9-6-10-19-20(18)24-13-26-19;1-12-9-13(2)18(14(3)10-12)22-8-7-20-19(22)15-5-4-6-16-17(15)21-11-23-16;1-12-5-3-6-13(2)17(12)21-10-9-19-18(21)14-7-4-8-15-16(14)20-11-22-15;;;;;/h1-14,16-19H;3-8,10-15H,1-2H3;5-8,10-15H,1-4H3;4,6-11H,1-3H3;3-6,8-11H,1-2H3;;;;;/q5*-1;;;;;. The molecular formula is C111H88Ir5N15O5-5. The Morgan fingerprint density at radius 2 is 0.500 bits per heavy atom. The average molecular weight is 2670 g/mol. The van der Waals surface area contributed by atoms with Crippen molar-refractivity contribution in [1.82, 2.24) is 72.7 Å². The molecule has 20 nitrogen and oxygen atoms in total. The summed E-state index contributed by atoms with van der Waals surface area (Å²) in [5, 5.41) is 0. The number of para-hydroxylation sites is 3. The minimum Gasteiger partial charge on any atom is -0.464 e. The van der Waals surface area contributed by atoms with Crippen LogP contribution in [0.3, 0.4) is 0 Å². The molecule has 0 unspecified atom stereocenters. The molecule has 0 aliphatic carbocycles. The van der Waals surface area contributed by atoms with Gasteiger partial charge in [-0.25, -0.2) is 0 Å². The summed E-state index contributed by atoms with van der Waals surface area (Å²) in [6.07, 6.45) is 26.3. The van der Waals surface area contributed by atoms with Gasteiger partial charge in [-0.1, -0.05) is 249 Å². The molecule has 0 aliphatic heterocycles. The Labute approximate surface area is 854 Å². The molecular weight excluding hydrogens is 2580 g/mol. The zero-order valence-corrected chi connectivity index (χ0v) is 87.6. The van der Waals surface area contributed by atoms with Crippen LogP contribution in [0.25, 0.3) is 174 Å². The number of aryl methyl sites for hydroxylation is 7. The zero-order chi connectivity index (χ0) is 89.8. The van der Waals surface area contributed by atoms with Gasteiger partial charge in [-0.2, -0.15) is 0 Å². The molecule has 0 N–H and O–H groups in total. The number of imidazole rings is 5. The fraction of sp³-hybridized carbons (Fsp3) is 0.117. The first-order valence-corrected chi connectivity index (χ1v) is 43.2. The van der Waals surface area contributed by atoms with Crippen molar-refractivity contribution in [1.29, 1.82) is 0 Å². The van der Waals surface area contributed by atoms with E-state index in [1.165, 1.54) is 98.9 Å². The van der Waals surface area contributed by atoms with Crippen molar-refractivity contribution < 1.29 is 123 Å². The molecule has 136 heavy (non-hydrogen) atoms. The molecule has 687 valence electrons. The summed E-state index contributed by atoms with van der Waals surface area (Å²) in [6.45, 7) is 23.8. The second-order valence-corrected chi connectivity index (χ2v) is 32.5. The van der Waals surface area contributed by atoms with E-state index in [1.807, 2.05) is 128 Å². The van der Waals surface area contributed by atoms with Gasteiger partial charge < -0.3 is 44.9 Å². The van der Waals surface area contributed by atoms with Crippen molar-refractivity contribution in [2.24, 2.45) is 0 Å². The van der Waals surface area contributed by atoms with Gasteiger partial charge in [0.05, 0.1) is 62.7 Å². The Hall–Kier alpha value is -13.5. The predicted molar refractivity (Wildman–Crippen MR) is 515 cm³/mol. The van der Waals surface area contributed by atoms with Crippen molar-refractivity contribution in [2.45, 2.75) is 88.0 Å². The van der Waals surface area contributed by atoms with E-state index in [-0.39, 0.29) is 101 Å². The Kier molecular flexibility index (Phi) is 31.8. The maximum Gasteiger partial charge on any atom is 0.170 e. The Balaban J connectivity index is 0.000000136. The molecule has 0 saturated carbocycles. The largest absolute Gasteiger partial charge is 0.464 e. The van der Waals surface area contributed by atoms with Gasteiger partial charge in [0.25, 0.3) is 0 Å². The summed E-state index contributed by atoms with van der Waals surface area (Å²) in [5.74, 6) is 4.86. The van der Waals surface area contributed by atoms with Gasteiger partial charge in [-0.3, -0.25) is 49.8 Å². The number of hydrogen-bond acceptors (Lipinski definition) is 15. The van der Waals surface area contributed by atoms with Crippen LogP contribution in [0, 0.1) is 78.8 Å². The van der Waals surface area contributed by atoms with E-state index in [4.69, 9.17) is 27.1 Å². The van der Waals surface area contributed by atoms with Crippen LogP contribution in [0.2, 0.25) is 0 Å². The normalized spacial score (nSPS) is 10.9. The SMILES string of the molecule is CC(C)c1cccc(C(C)C)c1-n1ccnc1-c1[c-]ccc2ocnc12.Cc1cc(-c2ccccc2)cc(C)c1-n1ccnc1-c1[c-]ccc2ocnc12.Cc1cc(C)c(-n2ccnc2-c2[c-]ccc3ocnc23)c(C)c1.Cc1cccc(C)c1-n1ccnc1-c1[c-]ccc2ocnc12.[Ir].[Ir].[Ir].[Ir].[Ir].[c-]1ccc2ocnc2c1-c1nccn1-c1c(-c2ccccc2)cccc1-c1ccccc1. The summed E-state index contributed by atoms with van der Waals surface area (Å²) >= 11 is 0. The van der Waals surface area contributed by atoms with Crippen LogP contribution < -0.4 is 0 Å². The fourth-order valence-electron chi connectivity index (χ4n) is 17.5. The topological polar surface area (TPSA) is 219 Å². The second kappa shape index (κ2) is 43.9. The maximum atomic E-state index is 5.52. The van der Waals surface area contributed by atoms with Gasteiger partial charge in [-0.15, -0.1) is 60.7 Å². The van der Waals surface area contributed by atoms with E-state index in [1.54, 1.807) is 12.4 Å². The van der Waals surface area contributed by atoms with Crippen LogP contribution in [0.5, 0.6) is 0 Å². The number of oxazole rings is 5. The molecule has 25 heteroatoms. The fourth-order valence-corrected chi connectivity index (χ4v) is 17.5. The summed E-state index contributed by atoms with van der Waals surface area (Å²) in [6, 6.07) is 94.3. The van der Waals surface area contributed by atoms with Crippen LogP contribution in [0.4, 0.5) is 0 Å². The van der Waals surface area contributed by atoms with E-state index in [9.17, 15) is 0 Å². The first-order valence-electron chi connectivity index (χ1n) is 43.2. The molecule has 0 aliphatic rings. The van der Waals surface area contributed by atoms with Gasteiger partial charge in [0.2, 0.25) is 0 Å². The number of nitrogens with zero attached hydrogens (tertiary/aromatic N) is 15. The smallest absolute Gasteiger partial charge is 0.170 e. The second-order valence-electron chi connectivity index (χ2n) is 32.5. The summed E-state index contributed by atoms with van der Waals surface area (Å²) < 4.78 is 37.8. The summed E-state index contributed by atoms with van der Waals surface area (Å²) in [4.78, 5) is 44.8. The van der Waals surface area contributed by atoms with Gasteiger partial charge in [0, 0.05) is 224 Å². The minimum atomic E-state index is 0. The Morgan fingerprint density at radius 1 is 0.243 bits per heavy atom. The third-order valence-electron chi connectivity index (χ3n) is 23.2. The summed E-state index contributed by atoms with van der Waals surface area (Å²) in [5.41, 5.74) is 35.5. The quantitative estimate of drug-likeness (QED) is 0.0871. The van der Waals surface area contributed by atoms with Gasteiger partial charge in [0.15, 0.2) is 32.0 Å². The molecule has 13 aromatic carbocycles. The van der Waals surface area contributed by atoms with Crippen molar-refractivity contribution in [2.75, 3.05) is 0 Å². The summed E-state index contributed by atoms with van der Waals surface area (Å²) in [7, 11) is 0. The number of hydrogen-bond donors (Lipinski definition) is 0. The van der Waals surface area contributed by atoms with E-state index in [0.29, 0.717) is 17.4 Å². The third kappa shape index (κ3) is 19.8. The number of fused-ring (bicyclic) bond motifs is 5. The van der Waals surface area contributed by atoms with Crippen molar-refractivity contribution >= 4 is 55.5 Å². The molecule has 0 spiro atoms. The molecule has 0 fully saturated rings. The molecule has 0 bridgehead atoms. The van der Waals surface area contributed by atoms with Crippen molar-refractivity contribution in [3.63, 3.8) is 0 Å². The van der Waals surface area contributed by atoms with Gasteiger partial charge in [-0.05, 0) is 139 Å². The van der Waals surface area contributed by atoms with E-state index >= 15 is 0 Å². The third-order valence-corrected chi connectivity index (χ3v) is 23.2. The van der Waals surface area contributed by atoms with Crippen LogP contribution in [0.15, 0.2) is 347 Å². The van der Waals surface area contributed by atoms with Gasteiger partial charge >= 0.3 is 0 Å². The average Bonchev–Trinajstić information content (AvgIpc) is 1.61. The molecule has 10 heterocycles. The van der Waals surface area contributed by atoms with E-state index in [0.717, 1.165) is 152 Å². The zero-order valence-electron chi connectivity index (χ0n) is 75.7. The van der Waals surface area contributed by atoms with Gasteiger partial charge in [0.1, 0.15) is 0 Å². The molecule has 23 aromatic rings. The number of aromatic nitrogens is 15. The monoisotopic (exact) mass is 2680 g/mol. The van der Waals surface area contributed by atoms with Crippen molar-refractivity contribution in [3.8, 4) is 119 Å². The first kappa shape index (κ1) is 98.5. The van der Waals surface area contributed by atoms with E-state index in [2.05, 4.69) is 326 Å².